The van der Waals surface area contributed by atoms with Crippen LogP contribution >= 0.6 is 0 Å². The molecule has 0 heterocycles. The molecule has 0 aromatic heterocycles. The van der Waals surface area contributed by atoms with Gasteiger partial charge in [-0.3, -0.25) is 0 Å². The lowest BCUT2D eigenvalue weighted by Crippen LogP contribution is -2.32. The summed E-state index contributed by atoms with van der Waals surface area (Å²) in [5.74, 6) is 0.472. The van der Waals surface area contributed by atoms with E-state index in [0.29, 0.717) is 13.0 Å². The molecule has 0 bridgehead atoms. The Kier molecular flexibility index (Phi) is 7.27. The number of nitrogens with zero attached hydrogens (tertiary/aromatic N) is 1. The first-order valence-corrected chi connectivity index (χ1v) is 12.7. The van der Waals surface area contributed by atoms with Crippen molar-refractivity contribution in [2.24, 2.45) is 0 Å². The van der Waals surface area contributed by atoms with Crippen LogP contribution in [0.15, 0.2) is 109 Å². The predicted molar refractivity (Wildman–Crippen MR) is 154 cm³/mol. The van der Waals surface area contributed by atoms with E-state index >= 15 is 0 Å². The molecule has 3 N–H and O–H groups in total. The van der Waals surface area contributed by atoms with Crippen molar-refractivity contribution in [2.75, 3.05) is 18.9 Å². The van der Waals surface area contributed by atoms with Crippen molar-refractivity contribution >= 4 is 22.5 Å². The Labute approximate surface area is 222 Å². The Morgan fingerprint density at radius 1 is 0.763 bits per heavy atom. The highest BCUT2D eigenvalue weighted by molar-refractivity contribution is 5.93. The summed E-state index contributed by atoms with van der Waals surface area (Å²) in [4.78, 5) is 14.3. The molecular formula is C33H30N2O3. The molecule has 0 atom stereocenters. The summed E-state index contributed by atoms with van der Waals surface area (Å²) >= 11 is 0. The number of amides is 2. The molecule has 0 spiro atoms. The largest absolute Gasteiger partial charge is 0.508 e. The number of hydrogen-bond donors (Lipinski definition) is 3. The normalized spacial score (nSPS) is 10.9. The van der Waals surface area contributed by atoms with Crippen molar-refractivity contribution in [3.8, 4) is 22.6 Å². The van der Waals surface area contributed by atoms with Crippen molar-refractivity contribution in [1.82, 2.24) is 4.90 Å². The molecule has 5 aromatic rings. The molecular weight excluding hydrogens is 472 g/mol. The fourth-order valence-corrected chi connectivity index (χ4v) is 4.72. The number of aromatic hydroxyl groups is 2. The van der Waals surface area contributed by atoms with Crippen LogP contribution in [-0.2, 0) is 12.8 Å². The van der Waals surface area contributed by atoms with Gasteiger partial charge in [0.05, 0.1) is 0 Å². The van der Waals surface area contributed by atoms with Gasteiger partial charge in [-0.15, -0.1) is 0 Å². The van der Waals surface area contributed by atoms with Crippen molar-refractivity contribution in [1.29, 1.82) is 0 Å². The zero-order valence-corrected chi connectivity index (χ0v) is 21.3. The van der Waals surface area contributed by atoms with E-state index in [0.717, 1.165) is 45.1 Å². The van der Waals surface area contributed by atoms with Crippen LogP contribution in [0.4, 0.5) is 10.5 Å². The third-order valence-electron chi connectivity index (χ3n) is 6.77. The predicted octanol–water partition coefficient (Wildman–Crippen LogP) is 7.22. The van der Waals surface area contributed by atoms with Crippen LogP contribution in [0, 0.1) is 0 Å². The first kappa shape index (κ1) is 24.9. The van der Waals surface area contributed by atoms with E-state index < -0.39 is 0 Å². The van der Waals surface area contributed by atoms with Gasteiger partial charge in [-0.1, -0.05) is 72.8 Å². The van der Waals surface area contributed by atoms with E-state index in [1.54, 1.807) is 36.2 Å². The number of para-hydroxylation sites is 1. The van der Waals surface area contributed by atoms with Crippen molar-refractivity contribution in [3.05, 3.63) is 126 Å². The Morgan fingerprint density at radius 3 is 2.29 bits per heavy atom. The van der Waals surface area contributed by atoms with Gasteiger partial charge in [-0.25, -0.2) is 4.79 Å². The van der Waals surface area contributed by atoms with E-state index in [9.17, 15) is 15.0 Å². The number of likely N-dealkylation sites (N-methyl/N-ethyl adjacent to an activating group) is 1. The number of hydrogen-bond acceptors (Lipinski definition) is 3. The van der Waals surface area contributed by atoms with Crippen LogP contribution in [0.3, 0.4) is 0 Å². The number of phenolic OH excluding ortho intramolecular Hbond substituents is 2. The maximum Gasteiger partial charge on any atom is 0.321 e. The summed E-state index contributed by atoms with van der Waals surface area (Å²) < 4.78 is 0. The Bertz CT molecular complexity index is 1560. The fourth-order valence-electron chi connectivity index (χ4n) is 4.72. The summed E-state index contributed by atoms with van der Waals surface area (Å²) in [5.41, 5.74) is 6.37. The number of nitrogens with one attached hydrogen (secondary N) is 1. The van der Waals surface area contributed by atoms with Crippen LogP contribution in [0.5, 0.6) is 11.5 Å². The standard InChI is InChI=1S/C33H30N2O3/c1-35(33(38)34-27-8-3-2-4-9-27)19-18-23-6-5-7-24(20-23)21-32-30(25-10-13-28(36)14-11-25)16-12-26-22-29(37)15-17-31(26)32/h2-17,20,22,36-37H,18-19,21H2,1H3,(H,34,38). The Morgan fingerprint density at radius 2 is 1.50 bits per heavy atom. The zero-order chi connectivity index (χ0) is 26.5. The van der Waals surface area contributed by atoms with E-state index in [-0.39, 0.29) is 17.5 Å². The lowest BCUT2D eigenvalue weighted by atomic mass is 9.89. The van der Waals surface area contributed by atoms with Crippen LogP contribution in [0.2, 0.25) is 0 Å². The molecule has 38 heavy (non-hydrogen) atoms. The average molecular weight is 503 g/mol. The quantitative estimate of drug-likeness (QED) is 0.220. The Balaban J connectivity index is 1.37. The number of rotatable bonds is 7. The SMILES string of the molecule is CN(CCc1cccc(Cc2c(-c3ccc(O)cc3)ccc3cc(O)ccc23)c1)C(=O)Nc1ccccc1. The maximum atomic E-state index is 12.6. The van der Waals surface area contributed by atoms with Gasteiger partial charge in [0.2, 0.25) is 0 Å². The molecule has 0 radical (unpaired) electrons. The maximum absolute atomic E-state index is 12.6. The van der Waals surface area contributed by atoms with Gasteiger partial charge in [0.15, 0.2) is 0 Å². The molecule has 0 saturated carbocycles. The molecule has 0 aliphatic carbocycles. The van der Waals surface area contributed by atoms with Gasteiger partial charge < -0.3 is 20.4 Å². The van der Waals surface area contributed by atoms with Gasteiger partial charge in [0.1, 0.15) is 11.5 Å². The number of anilines is 1. The molecule has 190 valence electrons. The molecule has 0 aliphatic rings. The number of carbonyl (C=O) groups is 1. The van der Waals surface area contributed by atoms with Crippen LogP contribution in [0.25, 0.3) is 21.9 Å². The molecule has 0 aliphatic heterocycles. The van der Waals surface area contributed by atoms with Crippen LogP contribution < -0.4 is 5.32 Å². The smallest absolute Gasteiger partial charge is 0.321 e. The molecule has 5 heteroatoms. The second-order valence-corrected chi connectivity index (χ2v) is 9.51. The summed E-state index contributed by atoms with van der Waals surface area (Å²) in [6.07, 6.45) is 1.44. The first-order valence-electron chi connectivity index (χ1n) is 12.7. The van der Waals surface area contributed by atoms with Gasteiger partial charge in [-0.2, -0.15) is 0 Å². The van der Waals surface area contributed by atoms with Crippen molar-refractivity contribution in [2.45, 2.75) is 12.8 Å². The van der Waals surface area contributed by atoms with Crippen LogP contribution in [0.1, 0.15) is 16.7 Å². The van der Waals surface area contributed by atoms with Gasteiger partial charge in [0.25, 0.3) is 0 Å². The first-order chi connectivity index (χ1) is 18.5. The van der Waals surface area contributed by atoms with Gasteiger partial charge >= 0.3 is 6.03 Å². The van der Waals surface area contributed by atoms with Crippen LogP contribution in [-0.4, -0.2) is 34.7 Å². The summed E-state index contributed by atoms with van der Waals surface area (Å²) in [6, 6.07) is 34.6. The van der Waals surface area contributed by atoms with E-state index in [1.807, 2.05) is 54.6 Å². The average Bonchev–Trinajstić information content (AvgIpc) is 2.93. The van der Waals surface area contributed by atoms with Crippen molar-refractivity contribution < 1.29 is 15.0 Å². The minimum Gasteiger partial charge on any atom is -0.508 e. The summed E-state index contributed by atoms with van der Waals surface area (Å²) in [5, 5.41) is 24.8. The second kappa shape index (κ2) is 11.1. The lowest BCUT2D eigenvalue weighted by molar-refractivity contribution is 0.223. The second-order valence-electron chi connectivity index (χ2n) is 9.51. The molecule has 2 amide bonds. The highest BCUT2D eigenvalue weighted by atomic mass is 16.3. The number of fused-ring (bicyclic) bond motifs is 1. The molecule has 0 fully saturated rings. The number of phenols is 2. The Hall–Kier alpha value is -4.77. The number of carbonyl (C=O) groups excluding carboxylic acids is 1. The molecule has 0 unspecified atom stereocenters. The lowest BCUT2D eigenvalue weighted by Gasteiger charge is -2.18. The molecule has 5 nitrogen and oxygen atoms in total. The molecule has 5 rings (SSSR count). The number of urea groups is 1. The molecule has 5 aromatic carbocycles. The van der Waals surface area contributed by atoms with Crippen molar-refractivity contribution in [3.63, 3.8) is 0 Å². The van der Waals surface area contributed by atoms with Gasteiger partial charge in [-0.05, 0) is 87.8 Å². The highest BCUT2D eigenvalue weighted by Crippen LogP contribution is 2.34. The summed E-state index contributed by atoms with van der Waals surface area (Å²) in [6.45, 7) is 0.592. The van der Waals surface area contributed by atoms with E-state index in [4.69, 9.17) is 0 Å². The third kappa shape index (κ3) is 5.79. The zero-order valence-electron chi connectivity index (χ0n) is 21.3. The monoisotopic (exact) mass is 502 g/mol. The van der Waals surface area contributed by atoms with E-state index in [2.05, 4.69) is 35.6 Å². The van der Waals surface area contributed by atoms with E-state index in [1.165, 1.54) is 5.56 Å². The minimum absolute atomic E-state index is 0.134. The summed E-state index contributed by atoms with van der Waals surface area (Å²) in [7, 11) is 1.80. The third-order valence-corrected chi connectivity index (χ3v) is 6.77. The minimum atomic E-state index is -0.134. The number of benzene rings is 5. The topological polar surface area (TPSA) is 72.8 Å². The van der Waals surface area contributed by atoms with Gasteiger partial charge in [0, 0.05) is 19.3 Å². The molecule has 0 saturated heterocycles. The highest BCUT2D eigenvalue weighted by Gasteiger charge is 2.13. The fraction of sp³-hybridized carbons (Fsp3) is 0.121.